The molecule has 5 nitrogen and oxygen atoms in total. The van der Waals surface area contributed by atoms with E-state index in [1.807, 2.05) is 27.7 Å². The van der Waals surface area contributed by atoms with E-state index in [0.29, 0.717) is 11.4 Å². The Hall–Kier alpha value is -1.95. The molecular formula is C15H20N4OS. The van der Waals surface area contributed by atoms with E-state index >= 15 is 0 Å². The summed E-state index contributed by atoms with van der Waals surface area (Å²) in [6.07, 6.45) is 1.68. The van der Waals surface area contributed by atoms with Gasteiger partial charge in [-0.15, -0.1) is 11.3 Å². The molecule has 0 spiro atoms. The van der Waals surface area contributed by atoms with Gasteiger partial charge < -0.3 is 10.6 Å². The Bertz CT molecular complexity index is 638. The van der Waals surface area contributed by atoms with Crippen molar-refractivity contribution in [2.24, 2.45) is 0 Å². The quantitative estimate of drug-likeness (QED) is 0.891. The predicted molar refractivity (Wildman–Crippen MR) is 85.9 cm³/mol. The van der Waals surface area contributed by atoms with Crippen LogP contribution in [0.25, 0.3) is 0 Å². The molecule has 0 bridgehead atoms. The zero-order chi connectivity index (χ0) is 15.4. The van der Waals surface area contributed by atoms with Gasteiger partial charge in [-0.1, -0.05) is 0 Å². The van der Waals surface area contributed by atoms with Crippen molar-refractivity contribution in [2.45, 2.75) is 33.7 Å². The Balaban J connectivity index is 2.16. The summed E-state index contributed by atoms with van der Waals surface area (Å²) >= 11 is 1.62. The number of anilines is 1. The zero-order valence-corrected chi connectivity index (χ0v) is 13.5. The van der Waals surface area contributed by atoms with E-state index in [1.54, 1.807) is 29.7 Å². The molecule has 6 heteroatoms. The van der Waals surface area contributed by atoms with Crippen LogP contribution in [0.2, 0.25) is 0 Å². The highest BCUT2D eigenvalue weighted by Crippen LogP contribution is 2.25. The maximum Gasteiger partial charge on any atom is 0.255 e. The molecule has 1 unspecified atom stereocenters. The fourth-order valence-corrected chi connectivity index (χ4v) is 3.12. The molecule has 0 saturated heterocycles. The van der Waals surface area contributed by atoms with Crippen LogP contribution < -0.4 is 10.6 Å². The Morgan fingerprint density at radius 1 is 1.43 bits per heavy atom. The van der Waals surface area contributed by atoms with E-state index in [2.05, 4.69) is 20.6 Å². The van der Waals surface area contributed by atoms with Crippen molar-refractivity contribution in [1.29, 1.82) is 0 Å². The number of rotatable bonds is 5. The van der Waals surface area contributed by atoms with Gasteiger partial charge in [0.25, 0.3) is 5.91 Å². The lowest BCUT2D eigenvalue weighted by molar-refractivity contribution is 0.0941. The minimum atomic E-state index is -0.128. The fraction of sp³-hybridized carbons (Fsp3) is 0.400. The average molecular weight is 304 g/mol. The highest BCUT2D eigenvalue weighted by atomic mass is 32.1. The van der Waals surface area contributed by atoms with Crippen LogP contribution in [0.4, 0.5) is 5.82 Å². The van der Waals surface area contributed by atoms with Crippen LogP contribution in [-0.2, 0) is 0 Å². The molecule has 0 aromatic carbocycles. The van der Waals surface area contributed by atoms with Crippen molar-refractivity contribution < 1.29 is 4.79 Å². The van der Waals surface area contributed by atoms with Crippen LogP contribution in [0.15, 0.2) is 18.3 Å². The Morgan fingerprint density at radius 3 is 2.81 bits per heavy atom. The highest BCUT2D eigenvalue weighted by molar-refractivity contribution is 7.11. The average Bonchev–Trinajstić information content (AvgIpc) is 2.78. The third-order valence-electron chi connectivity index (χ3n) is 3.08. The third kappa shape index (κ3) is 3.58. The maximum absolute atomic E-state index is 12.4. The van der Waals surface area contributed by atoms with Crippen molar-refractivity contribution in [3.8, 4) is 0 Å². The molecule has 0 radical (unpaired) electrons. The molecule has 1 amide bonds. The van der Waals surface area contributed by atoms with Crippen LogP contribution in [0.3, 0.4) is 0 Å². The molecule has 0 aliphatic heterocycles. The predicted octanol–water partition coefficient (Wildman–Crippen LogP) is 3.08. The number of hydrogen-bond acceptors (Lipinski definition) is 5. The van der Waals surface area contributed by atoms with Crippen LogP contribution in [-0.4, -0.2) is 22.4 Å². The smallest absolute Gasteiger partial charge is 0.255 e. The number of hydrogen-bond donors (Lipinski definition) is 2. The van der Waals surface area contributed by atoms with Gasteiger partial charge in [0.05, 0.1) is 22.3 Å². The van der Waals surface area contributed by atoms with Crippen LogP contribution in [0.5, 0.6) is 0 Å². The second-order valence-corrected chi connectivity index (χ2v) is 6.04. The van der Waals surface area contributed by atoms with Crippen molar-refractivity contribution >= 4 is 23.1 Å². The van der Waals surface area contributed by atoms with E-state index in [1.165, 1.54) is 0 Å². The summed E-state index contributed by atoms with van der Waals surface area (Å²) in [6.45, 7) is 8.61. The van der Waals surface area contributed by atoms with Gasteiger partial charge in [-0.3, -0.25) is 4.79 Å². The zero-order valence-electron chi connectivity index (χ0n) is 12.7. The van der Waals surface area contributed by atoms with E-state index < -0.39 is 0 Å². The van der Waals surface area contributed by atoms with Crippen molar-refractivity contribution in [1.82, 2.24) is 15.3 Å². The number of nitrogens with zero attached hydrogens (tertiary/aromatic N) is 2. The van der Waals surface area contributed by atoms with Gasteiger partial charge in [0.15, 0.2) is 0 Å². The van der Waals surface area contributed by atoms with Gasteiger partial charge >= 0.3 is 0 Å². The second-order valence-electron chi connectivity index (χ2n) is 4.81. The van der Waals surface area contributed by atoms with Crippen molar-refractivity contribution in [3.05, 3.63) is 39.5 Å². The van der Waals surface area contributed by atoms with E-state index in [9.17, 15) is 4.79 Å². The molecule has 0 aliphatic rings. The SMILES string of the molecule is CCNc1ncccc1C(=O)NC(C)c1sc(C)nc1C. The number of carbonyl (C=O) groups excluding carboxylic acids is 1. The first-order chi connectivity index (χ1) is 10.0. The second kappa shape index (κ2) is 6.67. The van der Waals surface area contributed by atoms with E-state index in [0.717, 1.165) is 22.1 Å². The van der Waals surface area contributed by atoms with Gasteiger partial charge in [0.1, 0.15) is 5.82 Å². The van der Waals surface area contributed by atoms with Crippen molar-refractivity contribution in [2.75, 3.05) is 11.9 Å². The molecule has 2 aromatic heterocycles. The first-order valence-electron chi connectivity index (χ1n) is 6.96. The molecule has 2 aromatic rings. The summed E-state index contributed by atoms with van der Waals surface area (Å²) in [7, 11) is 0. The molecule has 0 fully saturated rings. The van der Waals surface area contributed by atoms with Crippen LogP contribution in [0, 0.1) is 13.8 Å². The molecule has 1 atom stereocenters. The van der Waals surface area contributed by atoms with Crippen LogP contribution >= 0.6 is 11.3 Å². The maximum atomic E-state index is 12.4. The monoisotopic (exact) mass is 304 g/mol. The minimum Gasteiger partial charge on any atom is -0.370 e. The first kappa shape index (κ1) is 15.4. The van der Waals surface area contributed by atoms with E-state index in [-0.39, 0.29) is 11.9 Å². The first-order valence-corrected chi connectivity index (χ1v) is 7.78. The molecule has 2 heterocycles. The number of aryl methyl sites for hydroxylation is 2. The summed E-state index contributed by atoms with van der Waals surface area (Å²) < 4.78 is 0. The molecule has 112 valence electrons. The largest absolute Gasteiger partial charge is 0.370 e. The Kier molecular flexibility index (Phi) is 4.90. The van der Waals surface area contributed by atoms with Gasteiger partial charge in [-0.25, -0.2) is 9.97 Å². The third-order valence-corrected chi connectivity index (χ3v) is 4.33. The Labute approximate surface area is 128 Å². The summed E-state index contributed by atoms with van der Waals surface area (Å²) in [5.41, 5.74) is 1.54. The highest BCUT2D eigenvalue weighted by Gasteiger charge is 2.18. The molecule has 0 aliphatic carbocycles. The van der Waals surface area contributed by atoms with Gasteiger partial charge in [0, 0.05) is 17.6 Å². The lowest BCUT2D eigenvalue weighted by atomic mass is 10.2. The van der Waals surface area contributed by atoms with Crippen LogP contribution in [0.1, 0.15) is 45.8 Å². The molecule has 2 N–H and O–H groups in total. The standard InChI is InChI=1S/C15H20N4OS/c1-5-16-14-12(7-6-8-17-14)15(20)19-10(3)13-9(2)18-11(4)21-13/h6-8,10H,5H2,1-4H3,(H,16,17)(H,19,20). The van der Waals surface area contributed by atoms with Gasteiger partial charge in [-0.05, 0) is 39.8 Å². The summed E-state index contributed by atoms with van der Waals surface area (Å²) in [5, 5.41) is 7.13. The summed E-state index contributed by atoms with van der Waals surface area (Å²) in [4.78, 5) is 22.1. The van der Waals surface area contributed by atoms with Gasteiger partial charge in [-0.2, -0.15) is 0 Å². The summed E-state index contributed by atoms with van der Waals surface area (Å²) in [5.74, 6) is 0.485. The number of aromatic nitrogens is 2. The number of carbonyl (C=O) groups is 1. The fourth-order valence-electron chi connectivity index (χ4n) is 2.19. The molecule has 0 saturated carbocycles. The number of thiazole rings is 1. The molecule has 2 rings (SSSR count). The number of pyridine rings is 1. The minimum absolute atomic E-state index is 0.0709. The molecule has 21 heavy (non-hydrogen) atoms. The normalized spacial score (nSPS) is 12.0. The lowest BCUT2D eigenvalue weighted by Gasteiger charge is -2.14. The Morgan fingerprint density at radius 2 is 2.19 bits per heavy atom. The topological polar surface area (TPSA) is 66.9 Å². The van der Waals surface area contributed by atoms with E-state index in [4.69, 9.17) is 0 Å². The summed E-state index contributed by atoms with van der Waals surface area (Å²) in [6, 6.07) is 3.47. The number of amides is 1. The van der Waals surface area contributed by atoms with Crippen molar-refractivity contribution in [3.63, 3.8) is 0 Å². The lowest BCUT2D eigenvalue weighted by Crippen LogP contribution is -2.27. The van der Waals surface area contributed by atoms with Gasteiger partial charge in [0.2, 0.25) is 0 Å². The molecular weight excluding hydrogens is 284 g/mol. The number of nitrogens with one attached hydrogen (secondary N) is 2.